The highest BCUT2D eigenvalue weighted by Crippen LogP contribution is 2.16. The lowest BCUT2D eigenvalue weighted by Crippen LogP contribution is -2.44. The molecule has 116 valence electrons. The minimum atomic E-state index is -2.87. The molecule has 0 bridgehead atoms. The van der Waals surface area contributed by atoms with Gasteiger partial charge in [0.2, 0.25) is 0 Å². The van der Waals surface area contributed by atoms with Gasteiger partial charge in [-0.15, -0.1) is 0 Å². The first-order chi connectivity index (χ1) is 8.81. The molecule has 5 heteroatoms. The first-order valence-corrected chi connectivity index (χ1v) is 9.40. The second-order valence-corrected chi connectivity index (χ2v) is 7.76. The van der Waals surface area contributed by atoms with E-state index in [2.05, 4.69) is 26.1 Å². The van der Waals surface area contributed by atoms with Gasteiger partial charge in [-0.05, 0) is 38.6 Å². The molecular weight excluding hydrogens is 262 g/mol. The summed E-state index contributed by atoms with van der Waals surface area (Å²) in [5.41, 5.74) is 0. The van der Waals surface area contributed by atoms with Gasteiger partial charge < -0.3 is 10.1 Å². The summed E-state index contributed by atoms with van der Waals surface area (Å²) >= 11 is 0. The summed E-state index contributed by atoms with van der Waals surface area (Å²) in [4.78, 5) is 0. The standard InChI is InChI=1S/C14H31NO3S/c1-6-10-15-13(9-8-11-19(5,16)17)14(12(3)4)18-7-2/h12-15H,6-11H2,1-5H3. The lowest BCUT2D eigenvalue weighted by Gasteiger charge is -2.31. The van der Waals surface area contributed by atoms with Gasteiger partial charge in [0.05, 0.1) is 6.10 Å². The molecule has 0 fully saturated rings. The molecule has 4 nitrogen and oxygen atoms in total. The number of nitrogens with one attached hydrogen (secondary N) is 1. The van der Waals surface area contributed by atoms with Gasteiger partial charge >= 0.3 is 0 Å². The Hall–Kier alpha value is -0.130. The fourth-order valence-corrected chi connectivity index (χ4v) is 2.93. The van der Waals surface area contributed by atoms with Crippen LogP contribution in [0, 0.1) is 5.92 Å². The summed E-state index contributed by atoms with van der Waals surface area (Å²) in [6.07, 6.45) is 4.05. The van der Waals surface area contributed by atoms with Gasteiger partial charge in [-0.3, -0.25) is 0 Å². The Morgan fingerprint density at radius 1 is 1.21 bits per heavy atom. The van der Waals surface area contributed by atoms with E-state index in [4.69, 9.17) is 4.74 Å². The number of hydrogen-bond donors (Lipinski definition) is 1. The van der Waals surface area contributed by atoms with Crippen molar-refractivity contribution < 1.29 is 13.2 Å². The minimum absolute atomic E-state index is 0.149. The van der Waals surface area contributed by atoms with Crippen LogP contribution in [-0.4, -0.2) is 45.7 Å². The molecule has 0 heterocycles. The average molecular weight is 293 g/mol. The Balaban J connectivity index is 4.49. The summed E-state index contributed by atoms with van der Waals surface area (Å²) < 4.78 is 28.2. The molecule has 2 atom stereocenters. The van der Waals surface area contributed by atoms with E-state index in [1.54, 1.807) is 0 Å². The SMILES string of the molecule is CCCNC(CCCS(C)(=O)=O)C(OCC)C(C)C. The maximum Gasteiger partial charge on any atom is 0.147 e. The van der Waals surface area contributed by atoms with E-state index in [9.17, 15) is 8.42 Å². The predicted molar refractivity (Wildman–Crippen MR) is 81.3 cm³/mol. The maximum absolute atomic E-state index is 11.2. The molecule has 0 amide bonds. The van der Waals surface area contributed by atoms with Crippen molar-refractivity contribution in [2.24, 2.45) is 5.92 Å². The molecule has 2 unspecified atom stereocenters. The van der Waals surface area contributed by atoms with E-state index in [1.807, 2.05) is 6.92 Å². The van der Waals surface area contributed by atoms with E-state index in [0.29, 0.717) is 18.9 Å². The van der Waals surface area contributed by atoms with Crippen molar-refractivity contribution in [2.45, 2.75) is 59.1 Å². The summed E-state index contributed by atoms with van der Waals surface area (Å²) in [6.45, 7) is 10.1. The fraction of sp³-hybridized carbons (Fsp3) is 1.00. The van der Waals surface area contributed by atoms with Crippen LogP contribution < -0.4 is 5.32 Å². The van der Waals surface area contributed by atoms with Crippen molar-refractivity contribution in [1.29, 1.82) is 0 Å². The largest absolute Gasteiger partial charge is 0.377 e. The number of hydrogen-bond acceptors (Lipinski definition) is 4. The highest BCUT2D eigenvalue weighted by atomic mass is 32.2. The summed E-state index contributed by atoms with van der Waals surface area (Å²) in [7, 11) is -2.87. The zero-order valence-corrected chi connectivity index (χ0v) is 13.9. The lowest BCUT2D eigenvalue weighted by molar-refractivity contribution is 0.00141. The Morgan fingerprint density at radius 2 is 1.84 bits per heavy atom. The van der Waals surface area contributed by atoms with Crippen molar-refractivity contribution in [2.75, 3.05) is 25.2 Å². The highest BCUT2D eigenvalue weighted by molar-refractivity contribution is 7.90. The molecule has 0 radical (unpaired) electrons. The van der Waals surface area contributed by atoms with Crippen LogP contribution in [0.3, 0.4) is 0 Å². The van der Waals surface area contributed by atoms with Crippen LogP contribution in [0.1, 0.15) is 47.0 Å². The van der Waals surface area contributed by atoms with Gasteiger partial charge in [-0.25, -0.2) is 8.42 Å². The molecule has 0 aromatic carbocycles. The number of ether oxygens (including phenoxy) is 1. The minimum Gasteiger partial charge on any atom is -0.377 e. The van der Waals surface area contributed by atoms with Crippen LogP contribution in [0.4, 0.5) is 0 Å². The monoisotopic (exact) mass is 293 g/mol. The van der Waals surface area contributed by atoms with Crippen molar-refractivity contribution >= 4 is 9.84 Å². The molecule has 0 saturated heterocycles. The van der Waals surface area contributed by atoms with Crippen LogP contribution in [0.2, 0.25) is 0 Å². The van der Waals surface area contributed by atoms with Crippen LogP contribution in [0.15, 0.2) is 0 Å². The average Bonchev–Trinajstić information content (AvgIpc) is 2.29. The molecule has 0 aliphatic carbocycles. The Labute approximate surface area is 119 Å². The van der Waals surface area contributed by atoms with Gasteiger partial charge in [0.25, 0.3) is 0 Å². The van der Waals surface area contributed by atoms with Crippen molar-refractivity contribution in [3.05, 3.63) is 0 Å². The van der Waals surface area contributed by atoms with Gasteiger partial charge in [-0.1, -0.05) is 20.8 Å². The molecule has 0 rings (SSSR count). The van der Waals surface area contributed by atoms with Gasteiger partial charge in [0.1, 0.15) is 9.84 Å². The third-order valence-corrected chi connectivity index (χ3v) is 4.13. The molecule has 0 aliphatic heterocycles. The summed E-state index contributed by atoms with van der Waals surface area (Å²) in [5, 5.41) is 3.50. The van der Waals surface area contributed by atoms with Gasteiger partial charge in [0.15, 0.2) is 0 Å². The van der Waals surface area contributed by atoms with E-state index >= 15 is 0 Å². The van der Waals surface area contributed by atoms with E-state index in [-0.39, 0.29) is 17.9 Å². The zero-order chi connectivity index (χ0) is 14.9. The van der Waals surface area contributed by atoms with Gasteiger partial charge in [0, 0.05) is 24.7 Å². The normalized spacial score (nSPS) is 15.7. The van der Waals surface area contributed by atoms with Gasteiger partial charge in [-0.2, -0.15) is 0 Å². The zero-order valence-electron chi connectivity index (χ0n) is 13.1. The highest BCUT2D eigenvalue weighted by Gasteiger charge is 2.24. The first-order valence-electron chi connectivity index (χ1n) is 7.34. The van der Waals surface area contributed by atoms with E-state index < -0.39 is 9.84 Å². The van der Waals surface area contributed by atoms with Crippen molar-refractivity contribution in [1.82, 2.24) is 5.32 Å². The van der Waals surface area contributed by atoms with Crippen LogP contribution in [-0.2, 0) is 14.6 Å². The van der Waals surface area contributed by atoms with Crippen LogP contribution >= 0.6 is 0 Å². The molecule has 0 spiro atoms. The Kier molecular flexibility index (Phi) is 9.66. The third-order valence-electron chi connectivity index (χ3n) is 3.10. The molecule has 0 aromatic rings. The molecule has 0 aromatic heterocycles. The summed E-state index contributed by atoms with van der Waals surface area (Å²) in [6, 6.07) is 0.238. The van der Waals surface area contributed by atoms with Crippen molar-refractivity contribution in [3.8, 4) is 0 Å². The predicted octanol–water partition coefficient (Wildman–Crippen LogP) is 2.24. The molecule has 0 aliphatic rings. The molecule has 1 N–H and O–H groups in total. The van der Waals surface area contributed by atoms with Crippen LogP contribution in [0.5, 0.6) is 0 Å². The Morgan fingerprint density at radius 3 is 2.26 bits per heavy atom. The number of rotatable bonds is 11. The summed E-state index contributed by atoms with van der Waals surface area (Å²) in [5.74, 6) is 0.682. The molecule has 0 saturated carbocycles. The second kappa shape index (κ2) is 9.72. The smallest absolute Gasteiger partial charge is 0.147 e. The number of sulfone groups is 1. The maximum atomic E-state index is 11.2. The fourth-order valence-electron chi connectivity index (χ4n) is 2.24. The second-order valence-electron chi connectivity index (χ2n) is 5.50. The lowest BCUT2D eigenvalue weighted by atomic mass is 9.96. The van der Waals surface area contributed by atoms with Crippen LogP contribution in [0.25, 0.3) is 0 Å². The molecular formula is C14H31NO3S. The third kappa shape index (κ3) is 9.41. The van der Waals surface area contributed by atoms with Crippen molar-refractivity contribution in [3.63, 3.8) is 0 Å². The first kappa shape index (κ1) is 18.9. The topological polar surface area (TPSA) is 55.4 Å². The Bertz CT molecular complexity index is 315. The molecule has 19 heavy (non-hydrogen) atoms. The van der Waals surface area contributed by atoms with E-state index in [0.717, 1.165) is 19.4 Å². The quantitative estimate of drug-likeness (QED) is 0.635. The van der Waals surface area contributed by atoms with E-state index in [1.165, 1.54) is 6.26 Å².